The van der Waals surface area contributed by atoms with E-state index in [-0.39, 0.29) is 11.4 Å². The zero-order valence-corrected chi connectivity index (χ0v) is 10.0. The van der Waals surface area contributed by atoms with Crippen LogP contribution in [0.5, 0.6) is 0 Å². The molecule has 0 aliphatic carbocycles. The third-order valence-electron chi connectivity index (χ3n) is 2.43. The number of hydrogen-bond donors (Lipinski definition) is 1. The Morgan fingerprint density at radius 2 is 2.19 bits per heavy atom. The van der Waals surface area contributed by atoms with E-state index in [0.717, 1.165) is 0 Å². The number of benzene rings is 1. The second-order valence-corrected chi connectivity index (χ2v) is 4.44. The highest BCUT2D eigenvalue weighted by atomic mass is 35.5. The number of nitrogens with zero attached hydrogens (tertiary/aromatic N) is 1. The third kappa shape index (κ3) is 2.29. The fourth-order valence-electron chi connectivity index (χ4n) is 1.38. The van der Waals surface area contributed by atoms with Gasteiger partial charge in [-0.2, -0.15) is 5.26 Å². The van der Waals surface area contributed by atoms with Gasteiger partial charge in [-0.3, -0.25) is 4.79 Å². The lowest BCUT2D eigenvalue weighted by molar-refractivity contribution is -0.143. The molecule has 1 rings (SSSR count). The number of hydrogen-bond acceptors (Lipinski definition) is 2. The van der Waals surface area contributed by atoms with E-state index in [2.05, 4.69) is 0 Å². The van der Waals surface area contributed by atoms with E-state index in [0.29, 0.717) is 10.6 Å². The van der Waals surface area contributed by atoms with Gasteiger partial charge < -0.3 is 5.11 Å². The molecule has 0 aliphatic rings. The van der Waals surface area contributed by atoms with Crippen molar-refractivity contribution in [3.8, 4) is 6.07 Å². The van der Waals surface area contributed by atoms with Crippen molar-refractivity contribution in [3.05, 3.63) is 33.8 Å². The van der Waals surface area contributed by atoms with E-state index < -0.39 is 11.4 Å². The predicted octanol–water partition coefficient (Wildman–Crippen LogP) is 3.25. The van der Waals surface area contributed by atoms with Crippen molar-refractivity contribution in [2.24, 2.45) is 0 Å². The molecule has 1 aromatic carbocycles. The summed E-state index contributed by atoms with van der Waals surface area (Å²) in [6.07, 6.45) is -0.149. The normalized spacial score (nSPS) is 13.9. The predicted molar refractivity (Wildman–Crippen MR) is 61.7 cm³/mol. The molecule has 0 heterocycles. The fourth-order valence-corrected chi connectivity index (χ4v) is 2.00. The lowest BCUT2D eigenvalue weighted by atomic mass is 9.80. The summed E-state index contributed by atoms with van der Waals surface area (Å²) in [5.41, 5.74) is -0.913. The number of halogens is 2. The Bertz CT molecular complexity index is 468. The van der Waals surface area contributed by atoms with Gasteiger partial charge in [0.15, 0.2) is 0 Å². The van der Waals surface area contributed by atoms with Crippen molar-refractivity contribution >= 4 is 29.2 Å². The number of aliphatic carboxylic acids is 1. The minimum Gasteiger partial charge on any atom is -0.481 e. The van der Waals surface area contributed by atoms with Gasteiger partial charge in [-0.15, -0.1) is 0 Å². The molecule has 0 saturated heterocycles. The number of rotatable bonds is 3. The van der Waals surface area contributed by atoms with Gasteiger partial charge in [0.25, 0.3) is 0 Å². The molecule has 1 unspecified atom stereocenters. The topological polar surface area (TPSA) is 61.1 Å². The van der Waals surface area contributed by atoms with Gasteiger partial charge in [-0.05, 0) is 24.6 Å². The van der Waals surface area contributed by atoms with E-state index in [1.807, 2.05) is 6.07 Å². The Hall–Kier alpha value is -1.24. The van der Waals surface area contributed by atoms with Crippen molar-refractivity contribution in [1.29, 1.82) is 5.26 Å². The molecule has 0 aromatic heterocycles. The van der Waals surface area contributed by atoms with Gasteiger partial charge in [0.05, 0.1) is 12.5 Å². The lowest BCUT2D eigenvalue weighted by Gasteiger charge is -2.23. The molecule has 0 saturated carbocycles. The van der Waals surface area contributed by atoms with Crippen LogP contribution < -0.4 is 0 Å². The summed E-state index contributed by atoms with van der Waals surface area (Å²) in [5.74, 6) is -1.08. The summed E-state index contributed by atoms with van der Waals surface area (Å²) in [5, 5.41) is 18.5. The SMILES string of the molecule is CC(CC#N)(C(=O)O)c1ccc(Cl)cc1Cl. The number of carboxylic acids is 1. The molecule has 5 heteroatoms. The van der Waals surface area contributed by atoms with Crippen LogP contribution >= 0.6 is 23.2 Å². The summed E-state index contributed by atoms with van der Waals surface area (Å²) in [6, 6.07) is 6.42. The van der Waals surface area contributed by atoms with Crippen LogP contribution in [0.2, 0.25) is 10.0 Å². The van der Waals surface area contributed by atoms with Gasteiger partial charge in [0.1, 0.15) is 5.41 Å². The van der Waals surface area contributed by atoms with Crippen LogP contribution in [0.25, 0.3) is 0 Å². The van der Waals surface area contributed by atoms with Crippen molar-refractivity contribution < 1.29 is 9.90 Å². The van der Waals surface area contributed by atoms with Gasteiger partial charge in [0.2, 0.25) is 0 Å². The van der Waals surface area contributed by atoms with Crippen LogP contribution in [0.4, 0.5) is 0 Å². The molecule has 0 spiro atoms. The summed E-state index contributed by atoms with van der Waals surface area (Å²) < 4.78 is 0. The summed E-state index contributed by atoms with van der Waals surface area (Å²) in [6.45, 7) is 1.47. The molecule has 3 nitrogen and oxygen atoms in total. The minimum atomic E-state index is -1.31. The van der Waals surface area contributed by atoms with E-state index >= 15 is 0 Å². The first-order chi connectivity index (χ1) is 7.41. The average molecular weight is 258 g/mol. The standard InChI is InChI=1S/C11H9Cl2NO2/c1-11(4-5-14,10(15)16)8-3-2-7(12)6-9(8)13/h2-3,6H,4H2,1H3,(H,15,16). The smallest absolute Gasteiger partial charge is 0.314 e. The highest BCUT2D eigenvalue weighted by molar-refractivity contribution is 6.35. The Morgan fingerprint density at radius 3 is 2.62 bits per heavy atom. The number of nitriles is 1. The first-order valence-corrected chi connectivity index (χ1v) is 5.23. The maximum atomic E-state index is 11.2. The Labute approximate surface area is 103 Å². The zero-order chi connectivity index (χ0) is 12.3. The van der Waals surface area contributed by atoms with Crippen LogP contribution in [0.1, 0.15) is 18.9 Å². The Balaban J connectivity index is 3.33. The molecule has 0 amide bonds. The maximum Gasteiger partial charge on any atom is 0.314 e. The molecule has 16 heavy (non-hydrogen) atoms. The largest absolute Gasteiger partial charge is 0.481 e. The minimum absolute atomic E-state index is 0.149. The first-order valence-electron chi connectivity index (χ1n) is 4.47. The van der Waals surface area contributed by atoms with Crippen LogP contribution in [0, 0.1) is 11.3 Å². The molecular weight excluding hydrogens is 249 g/mol. The summed E-state index contributed by atoms with van der Waals surface area (Å²) in [4.78, 5) is 11.2. The summed E-state index contributed by atoms with van der Waals surface area (Å²) >= 11 is 11.7. The molecule has 0 radical (unpaired) electrons. The van der Waals surface area contributed by atoms with Crippen molar-refractivity contribution in [2.45, 2.75) is 18.8 Å². The average Bonchev–Trinajstić information content (AvgIpc) is 2.17. The first kappa shape index (κ1) is 12.8. The second-order valence-electron chi connectivity index (χ2n) is 3.60. The van der Waals surface area contributed by atoms with Crippen LogP contribution in [0.3, 0.4) is 0 Å². The van der Waals surface area contributed by atoms with Gasteiger partial charge in [-0.25, -0.2) is 0 Å². The molecular formula is C11H9Cl2NO2. The van der Waals surface area contributed by atoms with E-state index in [4.69, 9.17) is 33.6 Å². The molecule has 0 bridgehead atoms. The Morgan fingerprint density at radius 1 is 1.56 bits per heavy atom. The Kier molecular flexibility index (Phi) is 3.79. The van der Waals surface area contributed by atoms with E-state index in [1.54, 1.807) is 6.07 Å². The quantitative estimate of drug-likeness (QED) is 0.905. The maximum absolute atomic E-state index is 11.2. The van der Waals surface area contributed by atoms with Crippen molar-refractivity contribution in [2.75, 3.05) is 0 Å². The highest BCUT2D eigenvalue weighted by Crippen LogP contribution is 2.34. The molecule has 0 aliphatic heterocycles. The van der Waals surface area contributed by atoms with Crippen LogP contribution in [-0.2, 0) is 10.2 Å². The molecule has 1 N–H and O–H groups in total. The fraction of sp³-hybridized carbons (Fsp3) is 0.273. The summed E-state index contributed by atoms with van der Waals surface area (Å²) in [7, 11) is 0. The third-order valence-corrected chi connectivity index (χ3v) is 2.98. The molecule has 84 valence electrons. The van der Waals surface area contributed by atoms with E-state index in [1.165, 1.54) is 19.1 Å². The lowest BCUT2D eigenvalue weighted by Crippen LogP contribution is -2.32. The molecule has 1 atom stereocenters. The van der Waals surface area contributed by atoms with Crippen molar-refractivity contribution in [1.82, 2.24) is 0 Å². The monoisotopic (exact) mass is 257 g/mol. The highest BCUT2D eigenvalue weighted by Gasteiger charge is 2.36. The van der Waals surface area contributed by atoms with Crippen LogP contribution in [0.15, 0.2) is 18.2 Å². The molecule has 1 aromatic rings. The zero-order valence-electron chi connectivity index (χ0n) is 8.50. The number of carbonyl (C=O) groups is 1. The van der Waals surface area contributed by atoms with E-state index in [9.17, 15) is 4.79 Å². The van der Waals surface area contributed by atoms with Crippen molar-refractivity contribution in [3.63, 3.8) is 0 Å². The van der Waals surface area contributed by atoms with Gasteiger partial charge in [-0.1, -0.05) is 29.3 Å². The van der Waals surface area contributed by atoms with Gasteiger partial charge in [0, 0.05) is 10.0 Å². The number of carboxylic acid groups (broad SMARTS) is 1. The van der Waals surface area contributed by atoms with Gasteiger partial charge >= 0.3 is 5.97 Å². The molecule has 0 fully saturated rings. The second kappa shape index (κ2) is 4.73. The van der Waals surface area contributed by atoms with Crippen LogP contribution in [-0.4, -0.2) is 11.1 Å².